The maximum absolute atomic E-state index is 15.8. The van der Waals surface area contributed by atoms with E-state index >= 15 is 8.78 Å². The zero-order chi connectivity index (χ0) is 45.1. The van der Waals surface area contributed by atoms with Gasteiger partial charge < -0.3 is 19.7 Å². The lowest BCUT2D eigenvalue weighted by atomic mass is 9.99. The summed E-state index contributed by atoms with van der Waals surface area (Å²) in [5.74, 6) is -3.95. The number of ketones is 1. The lowest BCUT2D eigenvalue weighted by Crippen LogP contribution is -2.52. The Kier molecular flexibility index (Phi) is 11.1. The third kappa shape index (κ3) is 8.20. The zero-order valence-electron chi connectivity index (χ0n) is 35.2. The quantitative estimate of drug-likeness (QED) is 0.123. The Morgan fingerprint density at radius 1 is 0.846 bits per heavy atom. The number of hydrogen-bond acceptors (Lipinski definition) is 10. The number of aromatic nitrogens is 2. The number of nitrogens with zero attached hydrogens (tertiary/aromatic N) is 6. The van der Waals surface area contributed by atoms with Gasteiger partial charge >= 0.3 is 10.2 Å². The van der Waals surface area contributed by atoms with Gasteiger partial charge in [0.1, 0.15) is 23.7 Å². The molecular weight excluding hydrogens is 864 g/mol. The number of rotatable bonds is 11. The molecule has 3 N–H and O–H groups in total. The molecule has 19 heteroatoms. The fraction of sp³-hybridized carbons (Fsp3) is 0.370. The average molecular weight is 910 g/mol. The van der Waals surface area contributed by atoms with Crippen LogP contribution in [0.4, 0.5) is 30.2 Å². The second-order valence-electron chi connectivity index (χ2n) is 17.5. The molecule has 0 spiro atoms. The molecule has 0 bridgehead atoms. The number of imide groups is 1. The molecule has 4 fully saturated rings. The molecule has 2 aromatic heterocycles. The van der Waals surface area contributed by atoms with E-state index in [-0.39, 0.29) is 43.3 Å². The fourth-order valence-corrected chi connectivity index (χ4v) is 11.1. The number of H-pyrrole nitrogens is 1. The number of anilines is 3. The molecule has 5 aliphatic heterocycles. The Balaban J connectivity index is 0.748. The van der Waals surface area contributed by atoms with Gasteiger partial charge in [-0.25, -0.2) is 18.2 Å². The molecule has 0 radical (unpaired) electrons. The molecule has 0 saturated carbocycles. The molecule has 7 heterocycles. The molecular formula is C46H46F3N9O6S. The number of benzene rings is 3. The van der Waals surface area contributed by atoms with E-state index in [0.29, 0.717) is 41.0 Å². The first kappa shape index (κ1) is 42.6. The zero-order valence-corrected chi connectivity index (χ0v) is 36.1. The summed E-state index contributed by atoms with van der Waals surface area (Å²) in [5, 5.41) is 2.69. The smallest absolute Gasteiger partial charge is 0.301 e. The van der Waals surface area contributed by atoms with Crippen molar-refractivity contribution in [1.29, 1.82) is 0 Å². The largest absolute Gasteiger partial charge is 0.371 e. The van der Waals surface area contributed by atoms with Gasteiger partial charge in [0.2, 0.25) is 17.6 Å². The number of aromatic amines is 1. The topological polar surface area (TPSA) is 171 Å². The standard InChI is InChI=1S/C46H46F3N9O6S/c47-31-12-14-57(26-31)65(63,64)53-38-8-7-37(48)41(42(38)49)43(60)36-22-51-44-35(36)20-29(21-50-44)28-1-3-32(4-2-28)56-13-11-27(24-56)23-54-15-17-55(18-16-54)33-5-6-34-30(19-33)25-58(46(34)62)39-9-10-40(59)52-45(39)61/h1-8,19-22,27,31,39,53H,9-18,23-26H2,(H,50,51)(H,52,59,61)/t27-,31+,39?/m0/s1. The molecule has 65 heavy (non-hydrogen) atoms. The van der Waals surface area contributed by atoms with Crippen molar-refractivity contribution in [1.82, 2.24) is 29.4 Å². The normalized spacial score (nSPS) is 22.0. The number of alkyl halides is 1. The van der Waals surface area contributed by atoms with Crippen molar-refractivity contribution >= 4 is 61.8 Å². The van der Waals surface area contributed by atoms with Gasteiger partial charge in [-0.3, -0.25) is 34.1 Å². The third-order valence-corrected chi connectivity index (χ3v) is 14.9. The van der Waals surface area contributed by atoms with Crippen LogP contribution in [-0.2, 0) is 26.3 Å². The van der Waals surface area contributed by atoms with E-state index < -0.39 is 57.0 Å². The van der Waals surface area contributed by atoms with Gasteiger partial charge in [0, 0.05) is 118 Å². The SMILES string of the molecule is O=C1CCC(N2Cc3cc(N4CCN(C[C@@H]5CCN(c6ccc(-c7cnc8[nH]cc(C(=O)c9c(F)ccc(NS(=O)(=O)N%10CC[C@@H](F)C%10)c9F)c8c7)cc6)C5)CC4)ccc3C2=O)C(=O)N1. The van der Waals surface area contributed by atoms with Gasteiger partial charge in [-0.05, 0) is 84.8 Å². The maximum atomic E-state index is 15.8. The number of fused-ring (bicyclic) bond motifs is 2. The van der Waals surface area contributed by atoms with E-state index in [1.54, 1.807) is 17.2 Å². The maximum Gasteiger partial charge on any atom is 0.301 e. The summed E-state index contributed by atoms with van der Waals surface area (Å²) < 4.78 is 73.1. The summed E-state index contributed by atoms with van der Waals surface area (Å²) in [5.41, 5.74) is 3.86. The number of carbonyl (C=O) groups is 4. The number of pyridine rings is 1. The molecule has 3 aromatic carbocycles. The summed E-state index contributed by atoms with van der Waals surface area (Å²) in [6.45, 7) is 6.22. The highest BCUT2D eigenvalue weighted by molar-refractivity contribution is 7.90. The molecule has 338 valence electrons. The van der Waals surface area contributed by atoms with Crippen LogP contribution in [0.1, 0.15) is 57.5 Å². The first-order chi connectivity index (χ1) is 31.3. The summed E-state index contributed by atoms with van der Waals surface area (Å²) in [6.07, 6.45) is 3.23. The molecule has 0 aliphatic carbocycles. The predicted molar refractivity (Wildman–Crippen MR) is 236 cm³/mol. The number of piperazine rings is 1. The third-order valence-electron chi connectivity index (χ3n) is 13.4. The number of carbonyl (C=O) groups excluding carboxylic acids is 4. The lowest BCUT2D eigenvalue weighted by Gasteiger charge is -2.37. The molecule has 3 atom stereocenters. The summed E-state index contributed by atoms with van der Waals surface area (Å²) in [7, 11) is -4.36. The van der Waals surface area contributed by atoms with Crippen LogP contribution < -0.4 is 19.8 Å². The van der Waals surface area contributed by atoms with Crippen molar-refractivity contribution in [3.63, 3.8) is 0 Å². The minimum Gasteiger partial charge on any atom is -0.371 e. The second-order valence-corrected chi connectivity index (χ2v) is 19.1. The number of hydrogen-bond donors (Lipinski definition) is 3. The number of nitrogens with one attached hydrogen (secondary N) is 3. The van der Waals surface area contributed by atoms with Crippen LogP contribution in [-0.4, -0.2) is 127 Å². The van der Waals surface area contributed by atoms with E-state index in [1.165, 1.54) is 6.20 Å². The first-order valence-corrected chi connectivity index (χ1v) is 23.3. The van der Waals surface area contributed by atoms with E-state index in [9.17, 15) is 32.0 Å². The second kappa shape index (κ2) is 16.9. The van der Waals surface area contributed by atoms with Gasteiger partial charge in [-0.2, -0.15) is 12.7 Å². The van der Waals surface area contributed by atoms with Crippen LogP contribution in [0, 0.1) is 17.6 Å². The van der Waals surface area contributed by atoms with Gasteiger partial charge in [0.15, 0.2) is 5.82 Å². The number of halogens is 3. The van der Waals surface area contributed by atoms with Crippen molar-refractivity contribution in [3.8, 4) is 11.1 Å². The van der Waals surface area contributed by atoms with Crippen LogP contribution in [0.2, 0.25) is 0 Å². The highest BCUT2D eigenvalue weighted by atomic mass is 32.2. The molecule has 3 amide bonds. The Morgan fingerprint density at radius 2 is 1.63 bits per heavy atom. The van der Waals surface area contributed by atoms with Crippen LogP contribution in [0.25, 0.3) is 22.2 Å². The summed E-state index contributed by atoms with van der Waals surface area (Å²) in [4.78, 5) is 67.2. The Hall–Kier alpha value is -6.31. The Labute approximate surface area is 372 Å². The van der Waals surface area contributed by atoms with Crippen molar-refractivity contribution in [2.45, 2.75) is 44.4 Å². The summed E-state index contributed by atoms with van der Waals surface area (Å²) >= 11 is 0. The van der Waals surface area contributed by atoms with Crippen molar-refractivity contribution in [3.05, 3.63) is 107 Å². The van der Waals surface area contributed by atoms with Crippen LogP contribution in [0.15, 0.2) is 73.1 Å². The van der Waals surface area contributed by atoms with Crippen molar-refractivity contribution in [2.24, 2.45) is 5.92 Å². The predicted octanol–water partition coefficient (Wildman–Crippen LogP) is 4.85. The minimum absolute atomic E-state index is 0.00239. The monoisotopic (exact) mass is 909 g/mol. The number of amides is 3. The molecule has 10 rings (SSSR count). The number of piperidine rings is 1. The first-order valence-electron chi connectivity index (χ1n) is 21.8. The lowest BCUT2D eigenvalue weighted by molar-refractivity contribution is -0.136. The van der Waals surface area contributed by atoms with Crippen molar-refractivity contribution in [2.75, 3.05) is 73.4 Å². The van der Waals surface area contributed by atoms with Gasteiger partial charge in [-0.15, -0.1) is 0 Å². The summed E-state index contributed by atoms with van der Waals surface area (Å²) in [6, 6.07) is 16.7. The van der Waals surface area contributed by atoms with E-state index in [4.69, 9.17) is 0 Å². The highest BCUT2D eigenvalue weighted by Crippen LogP contribution is 2.34. The molecule has 5 aliphatic rings. The van der Waals surface area contributed by atoms with Crippen LogP contribution >= 0.6 is 0 Å². The minimum atomic E-state index is -4.36. The molecule has 4 saturated heterocycles. The van der Waals surface area contributed by atoms with Gasteiger partial charge in [-0.1, -0.05) is 12.1 Å². The highest BCUT2D eigenvalue weighted by Gasteiger charge is 2.40. The molecule has 1 unspecified atom stereocenters. The average Bonchev–Trinajstić information content (AvgIpc) is 4.12. The van der Waals surface area contributed by atoms with Gasteiger partial charge in [0.05, 0.1) is 11.3 Å². The van der Waals surface area contributed by atoms with Crippen LogP contribution in [0.3, 0.4) is 0 Å². The van der Waals surface area contributed by atoms with Gasteiger partial charge in [0.25, 0.3) is 5.91 Å². The van der Waals surface area contributed by atoms with Crippen molar-refractivity contribution < 1.29 is 40.8 Å². The van der Waals surface area contributed by atoms with E-state index in [0.717, 1.165) is 91.2 Å². The molecule has 5 aromatic rings. The molecule has 15 nitrogen and oxygen atoms in total. The Morgan fingerprint density at radius 3 is 2.38 bits per heavy atom. The van der Waals surface area contributed by atoms with E-state index in [1.807, 2.05) is 41.1 Å². The Bertz CT molecular complexity index is 2850. The fourth-order valence-electron chi connectivity index (χ4n) is 9.82. The van der Waals surface area contributed by atoms with E-state index in [2.05, 4.69) is 36.1 Å². The van der Waals surface area contributed by atoms with Crippen LogP contribution in [0.5, 0.6) is 0 Å².